The van der Waals surface area contributed by atoms with Crippen LogP contribution in [0.2, 0.25) is 0 Å². The van der Waals surface area contributed by atoms with Crippen LogP contribution < -0.4 is 9.64 Å². The molecule has 168 valence electrons. The minimum Gasteiger partial charge on any atom is -0.476 e. The Labute approximate surface area is 186 Å². The Morgan fingerprint density at radius 3 is 2.47 bits per heavy atom. The number of fused-ring (bicyclic) bond motifs is 1. The van der Waals surface area contributed by atoms with Gasteiger partial charge in [-0.3, -0.25) is 14.4 Å². The molecule has 0 radical (unpaired) electrons. The van der Waals surface area contributed by atoms with Crippen LogP contribution in [0, 0.1) is 11.7 Å². The van der Waals surface area contributed by atoms with E-state index in [0.717, 1.165) is 0 Å². The van der Waals surface area contributed by atoms with E-state index in [1.165, 1.54) is 29.2 Å². The Bertz CT molecular complexity index is 1020. The maximum absolute atomic E-state index is 13.6. The highest BCUT2D eigenvalue weighted by Crippen LogP contribution is 2.35. The van der Waals surface area contributed by atoms with Gasteiger partial charge in [-0.15, -0.1) is 0 Å². The number of likely N-dealkylation sites (N-methyl/N-ethyl adjacent to an activating group) is 1. The van der Waals surface area contributed by atoms with Gasteiger partial charge in [0.25, 0.3) is 11.8 Å². The van der Waals surface area contributed by atoms with Gasteiger partial charge in [-0.25, -0.2) is 4.39 Å². The molecule has 7 nitrogen and oxygen atoms in total. The van der Waals surface area contributed by atoms with Crippen LogP contribution in [0.3, 0.4) is 0 Å². The van der Waals surface area contributed by atoms with Crippen molar-refractivity contribution in [1.29, 1.82) is 0 Å². The first kappa shape index (κ1) is 21.8. The van der Waals surface area contributed by atoms with Crippen LogP contribution in [0.5, 0.6) is 5.75 Å². The highest BCUT2D eigenvalue weighted by molar-refractivity contribution is 5.99. The third-order valence-corrected chi connectivity index (χ3v) is 5.90. The fraction of sp³-hybridized carbons (Fsp3) is 0.375. The molecule has 8 heteroatoms. The van der Waals surface area contributed by atoms with Crippen LogP contribution in [0.25, 0.3) is 0 Å². The number of likely N-dealkylation sites (tertiary alicyclic amines) is 1. The number of hydrogen-bond donors (Lipinski definition) is 0. The molecule has 4 rings (SSSR count). The van der Waals surface area contributed by atoms with Gasteiger partial charge >= 0.3 is 0 Å². The number of carbonyl (C=O) groups is 3. The number of rotatable bonds is 3. The van der Waals surface area contributed by atoms with Crippen molar-refractivity contribution in [1.82, 2.24) is 9.80 Å². The van der Waals surface area contributed by atoms with Crippen molar-refractivity contribution >= 4 is 23.4 Å². The van der Waals surface area contributed by atoms with Crippen molar-refractivity contribution in [2.24, 2.45) is 5.92 Å². The lowest BCUT2D eigenvalue weighted by Gasteiger charge is -2.39. The van der Waals surface area contributed by atoms with Crippen LogP contribution in [0.15, 0.2) is 48.5 Å². The maximum atomic E-state index is 13.6. The standard InChI is InChI=1S/C24H26FN3O4/c1-26(2)24(31)21-15-28(19-7-3-4-8-20(19)32-21)23(30)17-6-5-13-27(14-17)22(29)16-9-11-18(25)12-10-16/h3-4,7-12,17,21H,5-6,13-15H2,1-2H3. The number of carbonyl (C=O) groups excluding carboxylic acids is 3. The predicted molar refractivity (Wildman–Crippen MR) is 117 cm³/mol. The maximum Gasteiger partial charge on any atom is 0.265 e. The molecule has 0 N–H and O–H groups in total. The molecule has 0 bridgehead atoms. The first-order valence-electron chi connectivity index (χ1n) is 10.7. The van der Waals surface area contributed by atoms with Gasteiger partial charge in [0, 0.05) is 32.7 Å². The average molecular weight is 439 g/mol. The lowest BCUT2D eigenvalue weighted by Crippen LogP contribution is -2.53. The van der Waals surface area contributed by atoms with Gasteiger partial charge in [0.2, 0.25) is 5.91 Å². The molecule has 2 unspecified atom stereocenters. The first-order chi connectivity index (χ1) is 15.3. The zero-order valence-electron chi connectivity index (χ0n) is 18.2. The molecule has 2 aliphatic rings. The first-order valence-corrected chi connectivity index (χ1v) is 10.7. The number of hydrogen-bond acceptors (Lipinski definition) is 4. The van der Waals surface area contributed by atoms with Gasteiger partial charge in [-0.05, 0) is 49.2 Å². The number of anilines is 1. The number of benzene rings is 2. The van der Waals surface area contributed by atoms with Crippen LogP contribution in [-0.2, 0) is 9.59 Å². The molecule has 32 heavy (non-hydrogen) atoms. The number of ether oxygens (including phenoxy) is 1. The Hall–Kier alpha value is -3.42. The molecule has 0 aliphatic carbocycles. The molecule has 1 fully saturated rings. The highest BCUT2D eigenvalue weighted by Gasteiger charge is 2.38. The van der Waals surface area contributed by atoms with E-state index in [1.54, 1.807) is 42.1 Å². The molecule has 3 amide bonds. The summed E-state index contributed by atoms with van der Waals surface area (Å²) in [5.74, 6) is -0.869. The predicted octanol–water partition coefficient (Wildman–Crippen LogP) is 2.56. The second-order valence-corrected chi connectivity index (χ2v) is 8.35. The summed E-state index contributed by atoms with van der Waals surface area (Å²) >= 11 is 0. The van der Waals surface area contributed by atoms with Gasteiger partial charge in [0.05, 0.1) is 18.2 Å². The van der Waals surface area contributed by atoms with Crippen molar-refractivity contribution in [3.63, 3.8) is 0 Å². The lowest BCUT2D eigenvalue weighted by atomic mass is 9.95. The molecule has 2 aromatic carbocycles. The van der Waals surface area contributed by atoms with Crippen LogP contribution >= 0.6 is 0 Å². The third kappa shape index (κ3) is 4.30. The number of piperidine rings is 1. The molecule has 2 aromatic rings. The van der Waals surface area contributed by atoms with Crippen molar-refractivity contribution in [3.8, 4) is 5.75 Å². The quantitative estimate of drug-likeness (QED) is 0.737. The molecular formula is C24H26FN3O4. The van der Waals surface area contributed by atoms with Crippen LogP contribution in [0.1, 0.15) is 23.2 Å². The van der Waals surface area contributed by atoms with Crippen LogP contribution in [-0.4, -0.2) is 67.4 Å². The van der Waals surface area contributed by atoms with E-state index in [2.05, 4.69) is 0 Å². The van der Waals surface area contributed by atoms with Gasteiger partial charge in [0.15, 0.2) is 6.10 Å². The van der Waals surface area contributed by atoms with Crippen molar-refractivity contribution in [2.75, 3.05) is 38.6 Å². The number of para-hydroxylation sites is 2. The summed E-state index contributed by atoms with van der Waals surface area (Å²) in [5, 5.41) is 0. The van der Waals surface area contributed by atoms with Gasteiger partial charge in [0.1, 0.15) is 11.6 Å². The van der Waals surface area contributed by atoms with Crippen LogP contribution in [0.4, 0.5) is 10.1 Å². The van der Waals surface area contributed by atoms with E-state index in [9.17, 15) is 18.8 Å². The monoisotopic (exact) mass is 439 g/mol. The molecule has 2 heterocycles. The summed E-state index contributed by atoms with van der Waals surface area (Å²) in [4.78, 5) is 43.7. The molecule has 2 aliphatic heterocycles. The number of nitrogens with zero attached hydrogens (tertiary/aromatic N) is 3. The minimum absolute atomic E-state index is 0.120. The van der Waals surface area contributed by atoms with Crippen molar-refractivity contribution in [2.45, 2.75) is 18.9 Å². The minimum atomic E-state index is -0.788. The van der Waals surface area contributed by atoms with Gasteiger partial charge < -0.3 is 19.4 Å². The topological polar surface area (TPSA) is 70.2 Å². The fourth-order valence-electron chi connectivity index (χ4n) is 4.22. The molecule has 2 atom stereocenters. The second-order valence-electron chi connectivity index (χ2n) is 8.35. The summed E-state index contributed by atoms with van der Waals surface area (Å²) in [6.07, 6.45) is 0.553. The Morgan fingerprint density at radius 1 is 1.03 bits per heavy atom. The van der Waals surface area contributed by atoms with E-state index in [-0.39, 0.29) is 30.8 Å². The largest absolute Gasteiger partial charge is 0.476 e. The summed E-state index contributed by atoms with van der Waals surface area (Å²) in [6, 6.07) is 12.6. The summed E-state index contributed by atoms with van der Waals surface area (Å²) in [5.41, 5.74) is 1.02. The summed E-state index contributed by atoms with van der Waals surface area (Å²) in [6.45, 7) is 0.942. The van der Waals surface area contributed by atoms with Crippen molar-refractivity contribution < 1.29 is 23.5 Å². The van der Waals surface area contributed by atoms with Gasteiger partial charge in [-0.2, -0.15) is 0 Å². The molecular weight excluding hydrogens is 413 g/mol. The molecule has 0 spiro atoms. The Morgan fingerprint density at radius 2 is 1.75 bits per heavy atom. The van der Waals surface area contributed by atoms with E-state index in [0.29, 0.717) is 36.4 Å². The third-order valence-electron chi connectivity index (χ3n) is 5.90. The number of halogens is 1. The number of amides is 3. The van der Waals surface area contributed by atoms with Crippen molar-refractivity contribution in [3.05, 3.63) is 59.9 Å². The lowest BCUT2D eigenvalue weighted by molar-refractivity contribution is -0.136. The fourth-order valence-corrected chi connectivity index (χ4v) is 4.22. The van der Waals surface area contributed by atoms with E-state index in [4.69, 9.17) is 4.74 Å². The SMILES string of the molecule is CN(C)C(=O)C1CN(C(=O)C2CCCN(C(=O)c3ccc(F)cc3)C2)c2ccccc2O1. The van der Waals surface area contributed by atoms with E-state index in [1.807, 2.05) is 6.07 Å². The molecule has 1 saturated heterocycles. The van der Waals surface area contributed by atoms with Gasteiger partial charge in [-0.1, -0.05) is 12.1 Å². The zero-order chi connectivity index (χ0) is 22.8. The summed E-state index contributed by atoms with van der Waals surface area (Å²) in [7, 11) is 3.30. The molecule has 0 saturated carbocycles. The smallest absolute Gasteiger partial charge is 0.265 e. The van der Waals surface area contributed by atoms with E-state index >= 15 is 0 Å². The zero-order valence-corrected chi connectivity index (χ0v) is 18.2. The Kier molecular flexibility index (Phi) is 6.12. The summed E-state index contributed by atoms with van der Waals surface area (Å²) < 4.78 is 19.1. The normalized spacial score (nSPS) is 20.2. The average Bonchev–Trinajstić information content (AvgIpc) is 2.82. The second kappa shape index (κ2) is 8.98. The Balaban J connectivity index is 1.54. The molecule has 0 aromatic heterocycles. The van der Waals surface area contributed by atoms with E-state index < -0.39 is 17.8 Å². The highest BCUT2D eigenvalue weighted by atomic mass is 19.1.